The van der Waals surface area contributed by atoms with Gasteiger partial charge in [-0.25, -0.2) is 4.79 Å². The van der Waals surface area contributed by atoms with E-state index in [9.17, 15) is 4.79 Å². The average Bonchev–Trinajstić information content (AvgIpc) is 2.48. The highest BCUT2D eigenvalue weighted by Crippen LogP contribution is 2.23. The van der Waals surface area contributed by atoms with Gasteiger partial charge in [-0.3, -0.25) is 0 Å². The molecule has 1 N–H and O–H groups in total. The van der Waals surface area contributed by atoms with Crippen LogP contribution in [0.3, 0.4) is 0 Å². The number of rotatable bonds is 1. The maximum absolute atomic E-state index is 10.7. The van der Waals surface area contributed by atoms with Crippen LogP contribution in [0.25, 0.3) is 11.0 Å². The molecule has 0 spiro atoms. The fourth-order valence-electron chi connectivity index (χ4n) is 1.37. The summed E-state index contributed by atoms with van der Waals surface area (Å²) in [5, 5.41) is 9.46. The van der Waals surface area contributed by atoms with Crippen LogP contribution in [-0.4, -0.2) is 11.1 Å². The van der Waals surface area contributed by atoms with E-state index in [4.69, 9.17) is 9.52 Å². The zero-order chi connectivity index (χ0) is 9.42. The summed E-state index contributed by atoms with van der Waals surface area (Å²) >= 11 is 0. The quantitative estimate of drug-likeness (QED) is 0.725. The predicted molar refractivity (Wildman–Crippen MR) is 47.9 cm³/mol. The topological polar surface area (TPSA) is 50.4 Å². The highest BCUT2D eigenvalue weighted by molar-refractivity contribution is 6.02. The maximum atomic E-state index is 10.7. The molecule has 1 aromatic carbocycles. The first-order chi connectivity index (χ1) is 6.20. The first-order valence-electron chi connectivity index (χ1n) is 3.90. The molecule has 2 rings (SSSR count). The Hall–Kier alpha value is -1.77. The number of hydrogen-bond donors (Lipinski definition) is 1. The van der Waals surface area contributed by atoms with Crippen LogP contribution in [0.2, 0.25) is 0 Å². The third-order valence-corrected chi connectivity index (χ3v) is 2.03. The molecule has 0 fully saturated rings. The first-order valence-corrected chi connectivity index (χ1v) is 3.90. The molecule has 66 valence electrons. The molecule has 0 unspecified atom stereocenters. The largest absolute Gasteiger partial charge is 0.478 e. The van der Waals surface area contributed by atoms with Crippen LogP contribution in [0.5, 0.6) is 0 Å². The highest BCUT2D eigenvalue weighted by Gasteiger charge is 2.12. The zero-order valence-corrected chi connectivity index (χ0v) is 7.07. The van der Waals surface area contributed by atoms with Crippen LogP contribution < -0.4 is 0 Å². The summed E-state index contributed by atoms with van der Waals surface area (Å²) in [6.45, 7) is 1.89. The third kappa shape index (κ3) is 1.09. The van der Waals surface area contributed by atoms with Crippen molar-refractivity contribution in [3.8, 4) is 0 Å². The van der Waals surface area contributed by atoms with Gasteiger partial charge in [-0.1, -0.05) is 18.2 Å². The standard InChI is InChI=1S/C10H8O3/c1-6-3-2-4-7-8(10(11)12)5-13-9(6)7/h2-5H,1H3,(H,11,12). The minimum Gasteiger partial charge on any atom is -0.478 e. The second-order valence-corrected chi connectivity index (χ2v) is 2.91. The summed E-state index contributed by atoms with van der Waals surface area (Å²) < 4.78 is 5.16. The van der Waals surface area contributed by atoms with E-state index < -0.39 is 5.97 Å². The van der Waals surface area contributed by atoms with Crippen molar-refractivity contribution in [2.75, 3.05) is 0 Å². The van der Waals surface area contributed by atoms with Crippen LogP contribution >= 0.6 is 0 Å². The lowest BCUT2D eigenvalue weighted by atomic mass is 10.1. The van der Waals surface area contributed by atoms with E-state index in [1.165, 1.54) is 6.26 Å². The number of benzene rings is 1. The molecule has 0 saturated carbocycles. The summed E-state index contributed by atoms with van der Waals surface area (Å²) in [4.78, 5) is 10.7. The summed E-state index contributed by atoms with van der Waals surface area (Å²) in [5.74, 6) is -0.954. The molecule has 0 bridgehead atoms. The van der Waals surface area contributed by atoms with Gasteiger partial charge in [-0.15, -0.1) is 0 Å². The number of carboxylic acid groups (broad SMARTS) is 1. The average molecular weight is 176 g/mol. The monoisotopic (exact) mass is 176 g/mol. The third-order valence-electron chi connectivity index (χ3n) is 2.03. The molecule has 0 aliphatic carbocycles. The molecule has 0 radical (unpaired) electrons. The lowest BCUT2D eigenvalue weighted by molar-refractivity contribution is 0.0698. The van der Waals surface area contributed by atoms with Crippen molar-refractivity contribution < 1.29 is 14.3 Å². The molecule has 3 heteroatoms. The molecule has 0 aliphatic rings. The molecular weight excluding hydrogens is 168 g/mol. The Morgan fingerprint density at radius 2 is 2.23 bits per heavy atom. The van der Waals surface area contributed by atoms with Gasteiger partial charge in [0, 0.05) is 5.39 Å². The zero-order valence-electron chi connectivity index (χ0n) is 7.07. The number of furan rings is 1. The van der Waals surface area contributed by atoms with Crippen molar-refractivity contribution >= 4 is 16.9 Å². The molecule has 0 aliphatic heterocycles. The normalized spacial score (nSPS) is 10.5. The molecule has 3 nitrogen and oxygen atoms in total. The van der Waals surface area contributed by atoms with Crippen molar-refractivity contribution in [1.29, 1.82) is 0 Å². The molecule has 1 aromatic heterocycles. The minimum atomic E-state index is -0.954. The van der Waals surface area contributed by atoms with E-state index in [0.717, 1.165) is 5.56 Å². The smallest absolute Gasteiger partial charge is 0.339 e. The summed E-state index contributed by atoms with van der Waals surface area (Å²) in [7, 11) is 0. The van der Waals surface area contributed by atoms with Crippen molar-refractivity contribution in [3.63, 3.8) is 0 Å². The van der Waals surface area contributed by atoms with Crippen LogP contribution in [-0.2, 0) is 0 Å². The van der Waals surface area contributed by atoms with E-state index in [0.29, 0.717) is 11.0 Å². The molecule has 0 atom stereocenters. The maximum Gasteiger partial charge on any atom is 0.339 e. The summed E-state index contributed by atoms with van der Waals surface area (Å²) in [6.07, 6.45) is 1.28. The van der Waals surface area contributed by atoms with E-state index in [1.54, 1.807) is 6.07 Å². The van der Waals surface area contributed by atoms with E-state index >= 15 is 0 Å². The lowest BCUT2D eigenvalue weighted by Gasteiger charge is -1.92. The van der Waals surface area contributed by atoms with Crippen molar-refractivity contribution in [3.05, 3.63) is 35.6 Å². The molecule has 13 heavy (non-hydrogen) atoms. The van der Waals surface area contributed by atoms with Crippen LogP contribution in [0.15, 0.2) is 28.9 Å². The van der Waals surface area contributed by atoms with Crippen molar-refractivity contribution in [1.82, 2.24) is 0 Å². The predicted octanol–water partition coefficient (Wildman–Crippen LogP) is 2.44. The van der Waals surface area contributed by atoms with Crippen LogP contribution in [0, 0.1) is 6.92 Å². The van der Waals surface area contributed by atoms with Gasteiger partial charge >= 0.3 is 5.97 Å². The molecule has 2 aromatic rings. The summed E-state index contributed by atoms with van der Waals surface area (Å²) in [5.41, 5.74) is 1.82. The van der Waals surface area contributed by atoms with Crippen molar-refractivity contribution in [2.45, 2.75) is 6.92 Å². The Kier molecular flexibility index (Phi) is 1.59. The Bertz CT molecular complexity index is 468. The number of carbonyl (C=O) groups is 1. The minimum absolute atomic E-state index is 0.221. The fraction of sp³-hybridized carbons (Fsp3) is 0.100. The number of aromatic carboxylic acids is 1. The number of fused-ring (bicyclic) bond motifs is 1. The second-order valence-electron chi connectivity index (χ2n) is 2.91. The number of para-hydroxylation sites is 1. The van der Waals surface area contributed by atoms with Gasteiger partial charge in [0.05, 0.1) is 0 Å². The SMILES string of the molecule is Cc1cccc2c(C(=O)O)coc12. The molecule has 0 saturated heterocycles. The number of aryl methyl sites for hydroxylation is 1. The fourth-order valence-corrected chi connectivity index (χ4v) is 1.37. The summed E-state index contributed by atoms with van der Waals surface area (Å²) in [6, 6.07) is 5.45. The van der Waals surface area contributed by atoms with Crippen LogP contribution in [0.1, 0.15) is 15.9 Å². The van der Waals surface area contributed by atoms with Crippen molar-refractivity contribution in [2.24, 2.45) is 0 Å². The van der Waals surface area contributed by atoms with Gasteiger partial charge in [0.2, 0.25) is 0 Å². The Morgan fingerprint density at radius 1 is 1.46 bits per heavy atom. The van der Waals surface area contributed by atoms with Gasteiger partial charge in [0.25, 0.3) is 0 Å². The van der Waals surface area contributed by atoms with Gasteiger partial charge in [0.15, 0.2) is 0 Å². The molecule has 0 amide bonds. The van der Waals surface area contributed by atoms with Crippen LogP contribution in [0.4, 0.5) is 0 Å². The first kappa shape index (κ1) is 7.86. The number of carboxylic acids is 1. The number of hydrogen-bond acceptors (Lipinski definition) is 2. The Labute approximate surface area is 74.6 Å². The van der Waals surface area contributed by atoms with Gasteiger partial charge in [-0.2, -0.15) is 0 Å². The second kappa shape index (κ2) is 2.62. The lowest BCUT2D eigenvalue weighted by Crippen LogP contribution is -1.93. The van der Waals surface area contributed by atoms with Gasteiger partial charge in [-0.05, 0) is 12.5 Å². The Balaban J connectivity index is 2.83. The van der Waals surface area contributed by atoms with Gasteiger partial charge in [0.1, 0.15) is 17.4 Å². The van der Waals surface area contributed by atoms with E-state index in [2.05, 4.69) is 0 Å². The molecular formula is C10H8O3. The highest BCUT2D eigenvalue weighted by atomic mass is 16.4. The Morgan fingerprint density at radius 3 is 2.92 bits per heavy atom. The van der Waals surface area contributed by atoms with E-state index in [-0.39, 0.29) is 5.56 Å². The van der Waals surface area contributed by atoms with Gasteiger partial charge < -0.3 is 9.52 Å². The van der Waals surface area contributed by atoms with E-state index in [1.807, 2.05) is 19.1 Å². The molecule has 1 heterocycles.